The number of aryl methyl sites for hydroxylation is 1. The topological polar surface area (TPSA) is 55.6 Å². The van der Waals surface area contributed by atoms with E-state index in [2.05, 4.69) is 6.92 Å². The third-order valence-electron chi connectivity index (χ3n) is 3.36. The number of benzene rings is 1. The van der Waals surface area contributed by atoms with E-state index in [-0.39, 0.29) is 5.91 Å². The number of carbonyl (C=O) groups is 1. The first-order chi connectivity index (χ1) is 9.69. The average Bonchev–Trinajstić information content (AvgIpc) is 2.46. The van der Waals surface area contributed by atoms with Gasteiger partial charge in [0.1, 0.15) is 0 Å². The van der Waals surface area contributed by atoms with Crippen molar-refractivity contribution >= 4 is 11.6 Å². The lowest BCUT2D eigenvalue weighted by Gasteiger charge is -2.22. The maximum atomic E-state index is 12.3. The first-order valence-corrected chi connectivity index (χ1v) is 7.29. The Morgan fingerprint density at radius 2 is 2.05 bits per heavy atom. The van der Waals surface area contributed by atoms with Crippen molar-refractivity contribution in [3.8, 4) is 0 Å². The van der Waals surface area contributed by atoms with Crippen LogP contribution in [0.15, 0.2) is 24.3 Å². The average molecular weight is 278 g/mol. The molecule has 0 fully saturated rings. The minimum Gasteiger partial charge on any atom is -0.399 e. The number of nitrogens with zero attached hydrogens (tertiary/aromatic N) is 1. The minimum atomic E-state index is 0.179. The smallest absolute Gasteiger partial charge is 0.222 e. The van der Waals surface area contributed by atoms with Crippen molar-refractivity contribution in [3.05, 3.63) is 29.8 Å². The van der Waals surface area contributed by atoms with Gasteiger partial charge in [0.2, 0.25) is 5.91 Å². The molecule has 4 nitrogen and oxygen atoms in total. The number of amides is 1. The van der Waals surface area contributed by atoms with Crippen LogP contribution in [0.4, 0.5) is 5.69 Å². The van der Waals surface area contributed by atoms with E-state index in [1.54, 1.807) is 7.11 Å². The van der Waals surface area contributed by atoms with E-state index in [9.17, 15) is 4.79 Å². The van der Waals surface area contributed by atoms with Crippen molar-refractivity contribution < 1.29 is 9.53 Å². The van der Waals surface area contributed by atoms with Crippen molar-refractivity contribution in [2.75, 3.05) is 32.5 Å². The van der Waals surface area contributed by atoms with E-state index in [0.29, 0.717) is 26.0 Å². The Bertz CT molecular complexity index is 399. The molecular weight excluding hydrogens is 252 g/mol. The van der Waals surface area contributed by atoms with E-state index < -0.39 is 0 Å². The Kier molecular flexibility index (Phi) is 7.73. The number of carbonyl (C=O) groups excluding carboxylic acids is 1. The molecule has 4 heteroatoms. The highest BCUT2D eigenvalue weighted by atomic mass is 16.5. The summed E-state index contributed by atoms with van der Waals surface area (Å²) in [4.78, 5) is 14.2. The zero-order chi connectivity index (χ0) is 14.8. The van der Waals surface area contributed by atoms with Crippen molar-refractivity contribution in [2.24, 2.45) is 0 Å². The lowest BCUT2D eigenvalue weighted by Crippen LogP contribution is -2.34. The first-order valence-electron chi connectivity index (χ1n) is 7.29. The molecule has 0 radical (unpaired) electrons. The van der Waals surface area contributed by atoms with Crippen molar-refractivity contribution in [1.82, 2.24) is 4.90 Å². The summed E-state index contributed by atoms with van der Waals surface area (Å²) in [7, 11) is 1.66. The summed E-state index contributed by atoms with van der Waals surface area (Å²) in [5, 5.41) is 0. The van der Waals surface area contributed by atoms with E-state index in [1.807, 2.05) is 29.2 Å². The van der Waals surface area contributed by atoms with Gasteiger partial charge in [-0.15, -0.1) is 0 Å². The fraction of sp³-hybridized carbons (Fsp3) is 0.562. The second kappa shape index (κ2) is 9.37. The molecule has 0 unspecified atom stereocenters. The number of ether oxygens (including phenoxy) is 1. The fourth-order valence-electron chi connectivity index (χ4n) is 2.07. The standard InChI is InChI=1S/C16H26N2O2/c1-3-4-11-18(12-13-20-2)16(19)10-9-14-7-5-6-8-15(14)17/h5-8H,3-4,9-13,17H2,1-2H3. The van der Waals surface area contributed by atoms with Gasteiger partial charge in [-0.1, -0.05) is 31.5 Å². The van der Waals surface area contributed by atoms with Gasteiger partial charge in [0, 0.05) is 32.3 Å². The molecule has 0 aliphatic rings. The summed E-state index contributed by atoms with van der Waals surface area (Å²) >= 11 is 0. The molecule has 20 heavy (non-hydrogen) atoms. The van der Waals surface area contributed by atoms with Gasteiger partial charge in [-0.2, -0.15) is 0 Å². The highest BCUT2D eigenvalue weighted by Gasteiger charge is 2.13. The van der Waals surface area contributed by atoms with Crippen LogP contribution in [-0.4, -0.2) is 37.6 Å². The summed E-state index contributed by atoms with van der Waals surface area (Å²) in [5.41, 5.74) is 7.70. The van der Waals surface area contributed by atoms with E-state index in [0.717, 1.165) is 30.6 Å². The molecule has 0 atom stereocenters. The van der Waals surface area contributed by atoms with Crippen LogP contribution in [0.1, 0.15) is 31.7 Å². The van der Waals surface area contributed by atoms with Crippen LogP contribution in [0.2, 0.25) is 0 Å². The van der Waals surface area contributed by atoms with Gasteiger partial charge in [-0.05, 0) is 24.5 Å². The summed E-state index contributed by atoms with van der Waals surface area (Å²) < 4.78 is 5.07. The molecule has 1 aromatic rings. The van der Waals surface area contributed by atoms with Crippen LogP contribution in [0.25, 0.3) is 0 Å². The summed E-state index contributed by atoms with van der Waals surface area (Å²) in [6.07, 6.45) is 3.31. The summed E-state index contributed by atoms with van der Waals surface area (Å²) in [6.45, 7) is 4.19. The van der Waals surface area contributed by atoms with Crippen LogP contribution >= 0.6 is 0 Å². The molecule has 0 heterocycles. The maximum Gasteiger partial charge on any atom is 0.222 e. The Morgan fingerprint density at radius 3 is 2.70 bits per heavy atom. The quantitative estimate of drug-likeness (QED) is 0.706. The molecular formula is C16H26N2O2. The minimum absolute atomic E-state index is 0.179. The number of para-hydroxylation sites is 1. The Balaban J connectivity index is 2.50. The van der Waals surface area contributed by atoms with Crippen LogP contribution in [-0.2, 0) is 16.0 Å². The van der Waals surface area contributed by atoms with E-state index in [4.69, 9.17) is 10.5 Å². The molecule has 0 aliphatic carbocycles. The third-order valence-corrected chi connectivity index (χ3v) is 3.36. The predicted octanol–water partition coefficient (Wildman–Crippen LogP) is 2.48. The number of anilines is 1. The van der Waals surface area contributed by atoms with Gasteiger partial charge >= 0.3 is 0 Å². The maximum absolute atomic E-state index is 12.3. The molecule has 0 bridgehead atoms. The SMILES string of the molecule is CCCCN(CCOC)C(=O)CCc1ccccc1N. The number of rotatable bonds is 9. The number of methoxy groups -OCH3 is 1. The Hall–Kier alpha value is -1.55. The fourth-order valence-corrected chi connectivity index (χ4v) is 2.07. The summed E-state index contributed by atoms with van der Waals surface area (Å²) in [5.74, 6) is 0.179. The van der Waals surface area contributed by atoms with Crippen LogP contribution in [0.5, 0.6) is 0 Å². The van der Waals surface area contributed by atoms with Crippen molar-refractivity contribution in [1.29, 1.82) is 0 Å². The highest BCUT2D eigenvalue weighted by molar-refractivity contribution is 5.76. The lowest BCUT2D eigenvalue weighted by molar-refractivity contribution is -0.131. The van der Waals surface area contributed by atoms with Crippen LogP contribution in [0, 0.1) is 0 Å². The van der Waals surface area contributed by atoms with Gasteiger partial charge in [0.15, 0.2) is 0 Å². The second-order valence-electron chi connectivity index (χ2n) is 4.93. The number of nitrogen functional groups attached to an aromatic ring is 1. The van der Waals surface area contributed by atoms with E-state index >= 15 is 0 Å². The first kappa shape index (κ1) is 16.5. The molecule has 1 rings (SSSR count). The van der Waals surface area contributed by atoms with Crippen LogP contribution in [0.3, 0.4) is 0 Å². The zero-order valence-corrected chi connectivity index (χ0v) is 12.6. The second-order valence-corrected chi connectivity index (χ2v) is 4.93. The van der Waals surface area contributed by atoms with Gasteiger partial charge in [-0.3, -0.25) is 4.79 Å². The molecule has 1 amide bonds. The Morgan fingerprint density at radius 1 is 1.30 bits per heavy atom. The molecule has 0 spiro atoms. The third kappa shape index (κ3) is 5.61. The molecule has 1 aromatic carbocycles. The van der Waals surface area contributed by atoms with Crippen molar-refractivity contribution in [2.45, 2.75) is 32.6 Å². The van der Waals surface area contributed by atoms with Gasteiger partial charge in [0.05, 0.1) is 6.61 Å². The number of hydrogen-bond acceptors (Lipinski definition) is 3. The number of nitrogens with two attached hydrogens (primary N) is 1. The lowest BCUT2D eigenvalue weighted by atomic mass is 10.1. The Labute approximate surface area is 121 Å². The van der Waals surface area contributed by atoms with Crippen molar-refractivity contribution in [3.63, 3.8) is 0 Å². The predicted molar refractivity (Wildman–Crippen MR) is 82.5 cm³/mol. The largest absolute Gasteiger partial charge is 0.399 e. The molecule has 112 valence electrons. The number of hydrogen-bond donors (Lipinski definition) is 1. The van der Waals surface area contributed by atoms with Gasteiger partial charge < -0.3 is 15.4 Å². The normalized spacial score (nSPS) is 10.5. The molecule has 0 aliphatic heterocycles. The molecule has 2 N–H and O–H groups in total. The van der Waals surface area contributed by atoms with Crippen LogP contribution < -0.4 is 5.73 Å². The molecule has 0 saturated heterocycles. The molecule has 0 saturated carbocycles. The van der Waals surface area contributed by atoms with E-state index in [1.165, 1.54) is 0 Å². The highest BCUT2D eigenvalue weighted by Crippen LogP contribution is 2.13. The van der Waals surface area contributed by atoms with Gasteiger partial charge in [0.25, 0.3) is 0 Å². The molecule has 0 aromatic heterocycles. The summed E-state index contributed by atoms with van der Waals surface area (Å²) in [6, 6.07) is 7.72. The van der Waals surface area contributed by atoms with Gasteiger partial charge in [-0.25, -0.2) is 0 Å². The monoisotopic (exact) mass is 278 g/mol. The zero-order valence-electron chi connectivity index (χ0n) is 12.6. The number of unbranched alkanes of at least 4 members (excludes halogenated alkanes) is 1.